The molecule has 0 spiro atoms. The minimum Gasteiger partial charge on any atom is -0.351 e. The maximum Gasteiger partial charge on any atom is 0.251 e. The Hall–Kier alpha value is -1.59. The van der Waals surface area contributed by atoms with Crippen molar-refractivity contribution in [1.29, 1.82) is 0 Å². The molecule has 0 saturated carbocycles. The van der Waals surface area contributed by atoms with Crippen molar-refractivity contribution in [1.82, 2.24) is 5.32 Å². The Labute approximate surface area is 136 Å². The molecule has 0 unspecified atom stereocenters. The fourth-order valence-electron chi connectivity index (χ4n) is 1.75. The highest BCUT2D eigenvalue weighted by molar-refractivity contribution is 7.98. The van der Waals surface area contributed by atoms with Crippen LogP contribution in [0.4, 0.5) is 8.78 Å². The largest absolute Gasteiger partial charge is 0.351 e. The number of hydrogen-bond donors (Lipinski definition) is 1. The van der Waals surface area contributed by atoms with Gasteiger partial charge in [-0.3, -0.25) is 4.79 Å². The van der Waals surface area contributed by atoms with Gasteiger partial charge in [-0.2, -0.15) is 11.8 Å². The molecule has 0 atom stereocenters. The molecule has 0 fully saturated rings. The number of benzene rings is 2. The third-order valence-corrected chi connectivity index (χ3v) is 4.18. The summed E-state index contributed by atoms with van der Waals surface area (Å²) < 4.78 is 25.8. The lowest BCUT2D eigenvalue weighted by molar-refractivity contribution is 0.0955. The second-order valence-corrected chi connectivity index (χ2v) is 6.11. The molecule has 2 aromatic carbocycles. The van der Waals surface area contributed by atoms with E-state index in [0.29, 0.717) is 11.6 Å². The molecule has 1 N–H and O–H groups in total. The lowest BCUT2D eigenvalue weighted by Gasteiger charge is -2.06. The van der Waals surface area contributed by atoms with Gasteiger partial charge in [0, 0.05) is 28.6 Å². The van der Waals surface area contributed by atoms with Crippen LogP contribution in [0.1, 0.15) is 15.9 Å². The summed E-state index contributed by atoms with van der Waals surface area (Å²) >= 11 is 7.47. The Morgan fingerprint density at radius 3 is 2.50 bits per heavy atom. The number of hydrogen-bond acceptors (Lipinski definition) is 2. The zero-order valence-corrected chi connectivity index (χ0v) is 13.2. The molecule has 1 amide bonds. The van der Waals surface area contributed by atoms with Crippen LogP contribution in [0.5, 0.6) is 0 Å². The topological polar surface area (TPSA) is 29.1 Å². The molecule has 2 nitrogen and oxygen atoms in total. The van der Waals surface area contributed by atoms with E-state index in [-0.39, 0.29) is 5.56 Å². The minimum atomic E-state index is -1.02. The van der Waals surface area contributed by atoms with Gasteiger partial charge in [-0.05, 0) is 35.9 Å². The van der Waals surface area contributed by atoms with Crippen molar-refractivity contribution in [3.05, 3.63) is 70.2 Å². The van der Waals surface area contributed by atoms with Gasteiger partial charge < -0.3 is 5.32 Å². The van der Waals surface area contributed by atoms with Gasteiger partial charge in [-0.1, -0.05) is 23.7 Å². The fraction of sp³-hybridized carbons (Fsp3) is 0.188. The Balaban J connectivity index is 1.70. The van der Waals surface area contributed by atoms with Crippen LogP contribution in [-0.2, 0) is 5.75 Å². The molecule has 22 heavy (non-hydrogen) atoms. The van der Waals surface area contributed by atoms with E-state index in [2.05, 4.69) is 5.32 Å². The van der Waals surface area contributed by atoms with E-state index >= 15 is 0 Å². The molecule has 0 heterocycles. The number of amides is 1. The molecular formula is C16H14ClF2NOS. The normalized spacial score (nSPS) is 10.5. The third kappa shape index (κ3) is 5.00. The van der Waals surface area contributed by atoms with Crippen LogP contribution in [0.25, 0.3) is 0 Å². The fourth-order valence-corrected chi connectivity index (χ4v) is 2.69. The highest BCUT2D eigenvalue weighted by Gasteiger charge is 2.08. The molecule has 0 aliphatic rings. The standard InChI is InChI=1S/C16H14ClF2NOS/c17-13-4-1-11(2-5-13)10-22-8-7-20-16(21)12-3-6-14(18)15(19)9-12/h1-6,9H,7-8,10H2,(H,20,21). The first kappa shape index (κ1) is 16.8. The van der Waals surface area contributed by atoms with Crippen molar-refractivity contribution in [2.24, 2.45) is 0 Å². The molecule has 0 bridgehead atoms. The molecule has 0 aliphatic carbocycles. The SMILES string of the molecule is O=C(NCCSCc1ccc(Cl)cc1)c1ccc(F)c(F)c1. The minimum absolute atomic E-state index is 0.113. The second kappa shape index (κ2) is 8.15. The Morgan fingerprint density at radius 2 is 1.82 bits per heavy atom. The van der Waals surface area contributed by atoms with Crippen LogP contribution >= 0.6 is 23.4 Å². The van der Waals surface area contributed by atoms with Crippen LogP contribution in [0, 0.1) is 11.6 Å². The zero-order valence-electron chi connectivity index (χ0n) is 11.6. The summed E-state index contributed by atoms with van der Waals surface area (Å²) in [5.74, 6) is -0.859. The number of halogens is 3. The van der Waals surface area contributed by atoms with Gasteiger partial charge in [-0.25, -0.2) is 8.78 Å². The van der Waals surface area contributed by atoms with Gasteiger partial charge >= 0.3 is 0 Å². The summed E-state index contributed by atoms with van der Waals surface area (Å²) in [7, 11) is 0. The van der Waals surface area contributed by atoms with Crippen LogP contribution in [-0.4, -0.2) is 18.2 Å². The summed E-state index contributed by atoms with van der Waals surface area (Å²) in [5, 5.41) is 3.37. The number of nitrogens with one attached hydrogen (secondary N) is 1. The highest BCUT2D eigenvalue weighted by atomic mass is 35.5. The maximum absolute atomic E-state index is 13.0. The molecule has 0 saturated heterocycles. The van der Waals surface area contributed by atoms with Crippen LogP contribution in [0.2, 0.25) is 5.02 Å². The van der Waals surface area contributed by atoms with Crippen LogP contribution in [0.15, 0.2) is 42.5 Å². The van der Waals surface area contributed by atoms with Gasteiger partial charge in [0.15, 0.2) is 11.6 Å². The molecule has 2 rings (SSSR count). The molecule has 6 heteroatoms. The molecular weight excluding hydrogens is 328 g/mol. The number of thioether (sulfide) groups is 1. The second-order valence-electron chi connectivity index (χ2n) is 4.56. The molecule has 116 valence electrons. The van der Waals surface area contributed by atoms with Gasteiger partial charge in [0.2, 0.25) is 0 Å². The Kier molecular flexibility index (Phi) is 6.21. The zero-order chi connectivity index (χ0) is 15.9. The summed E-state index contributed by atoms with van der Waals surface area (Å²) in [5.41, 5.74) is 1.27. The summed E-state index contributed by atoms with van der Waals surface area (Å²) in [4.78, 5) is 11.8. The maximum atomic E-state index is 13.0. The van der Waals surface area contributed by atoms with E-state index in [4.69, 9.17) is 11.6 Å². The van der Waals surface area contributed by atoms with Gasteiger partial charge in [0.05, 0.1) is 0 Å². The molecule has 0 radical (unpaired) electrons. The monoisotopic (exact) mass is 341 g/mol. The quantitative estimate of drug-likeness (QED) is 0.794. The first-order chi connectivity index (χ1) is 10.6. The predicted molar refractivity (Wildman–Crippen MR) is 86.3 cm³/mol. The van der Waals surface area contributed by atoms with Gasteiger partial charge in [0.1, 0.15) is 0 Å². The summed E-state index contributed by atoms with van der Waals surface area (Å²) in [6.07, 6.45) is 0. The van der Waals surface area contributed by atoms with Crippen molar-refractivity contribution in [2.45, 2.75) is 5.75 Å². The smallest absolute Gasteiger partial charge is 0.251 e. The van der Waals surface area contributed by atoms with E-state index in [1.807, 2.05) is 24.3 Å². The molecule has 2 aromatic rings. The number of carbonyl (C=O) groups excluding carboxylic acids is 1. The lowest BCUT2D eigenvalue weighted by atomic mass is 10.2. The summed E-state index contributed by atoms with van der Waals surface area (Å²) in [6, 6.07) is 10.7. The van der Waals surface area contributed by atoms with E-state index in [0.717, 1.165) is 29.2 Å². The average molecular weight is 342 g/mol. The van der Waals surface area contributed by atoms with Crippen molar-refractivity contribution in [2.75, 3.05) is 12.3 Å². The van der Waals surface area contributed by atoms with E-state index < -0.39 is 17.5 Å². The summed E-state index contributed by atoms with van der Waals surface area (Å²) in [6.45, 7) is 0.454. The van der Waals surface area contributed by atoms with E-state index in [1.54, 1.807) is 11.8 Å². The Morgan fingerprint density at radius 1 is 1.09 bits per heavy atom. The number of rotatable bonds is 6. The molecule has 0 aliphatic heterocycles. The van der Waals surface area contributed by atoms with Crippen molar-refractivity contribution in [3.8, 4) is 0 Å². The van der Waals surface area contributed by atoms with Crippen molar-refractivity contribution in [3.63, 3.8) is 0 Å². The first-order valence-corrected chi connectivity index (χ1v) is 8.15. The van der Waals surface area contributed by atoms with Gasteiger partial charge in [0.25, 0.3) is 5.91 Å². The van der Waals surface area contributed by atoms with Crippen LogP contribution < -0.4 is 5.32 Å². The van der Waals surface area contributed by atoms with Crippen LogP contribution in [0.3, 0.4) is 0 Å². The third-order valence-electron chi connectivity index (χ3n) is 2.90. The molecule has 0 aromatic heterocycles. The van der Waals surface area contributed by atoms with E-state index in [1.165, 1.54) is 6.07 Å². The predicted octanol–water partition coefficient (Wildman–Crippen LogP) is 4.28. The van der Waals surface area contributed by atoms with E-state index in [9.17, 15) is 13.6 Å². The highest BCUT2D eigenvalue weighted by Crippen LogP contribution is 2.15. The van der Waals surface area contributed by atoms with Gasteiger partial charge in [-0.15, -0.1) is 0 Å². The average Bonchev–Trinajstić information content (AvgIpc) is 2.51. The number of carbonyl (C=O) groups is 1. The van der Waals surface area contributed by atoms with Crippen molar-refractivity contribution >= 4 is 29.3 Å². The first-order valence-electron chi connectivity index (χ1n) is 6.61. The van der Waals surface area contributed by atoms with Crippen molar-refractivity contribution < 1.29 is 13.6 Å². The lowest BCUT2D eigenvalue weighted by Crippen LogP contribution is -2.25. The Bertz CT molecular complexity index is 649.